The molecular weight excluding hydrogens is 420 g/mol. The molecular formula is C19H29BrO7. The van der Waals surface area contributed by atoms with E-state index >= 15 is 0 Å². The SMILES string of the molecule is COCCOCCOCCOCc1cc(OC[C@H]2COCCO2)ccc1Br. The van der Waals surface area contributed by atoms with Crippen LogP contribution >= 0.6 is 15.9 Å². The van der Waals surface area contributed by atoms with Gasteiger partial charge in [-0.1, -0.05) is 15.9 Å². The molecule has 0 spiro atoms. The van der Waals surface area contributed by atoms with Crippen molar-refractivity contribution in [2.24, 2.45) is 0 Å². The molecule has 2 rings (SSSR count). The summed E-state index contributed by atoms with van der Waals surface area (Å²) < 4.78 is 39.1. The smallest absolute Gasteiger partial charge is 0.119 e. The van der Waals surface area contributed by atoms with E-state index in [4.69, 9.17) is 33.2 Å². The average molecular weight is 449 g/mol. The number of hydrogen-bond donors (Lipinski definition) is 0. The number of hydrogen-bond acceptors (Lipinski definition) is 7. The van der Waals surface area contributed by atoms with Crippen LogP contribution in [0.4, 0.5) is 0 Å². The van der Waals surface area contributed by atoms with Gasteiger partial charge in [-0.2, -0.15) is 0 Å². The Bertz CT molecular complexity index is 509. The summed E-state index contributed by atoms with van der Waals surface area (Å²) in [5.41, 5.74) is 1.02. The first-order chi connectivity index (χ1) is 13.3. The Hall–Kier alpha value is -0.740. The van der Waals surface area contributed by atoms with E-state index in [-0.39, 0.29) is 6.10 Å². The summed E-state index contributed by atoms with van der Waals surface area (Å²) in [6.45, 7) is 6.14. The number of methoxy groups -OCH3 is 1. The Morgan fingerprint density at radius 2 is 1.74 bits per heavy atom. The molecule has 1 aromatic carbocycles. The van der Waals surface area contributed by atoms with E-state index in [0.29, 0.717) is 72.7 Å². The minimum atomic E-state index is -0.0160. The van der Waals surface area contributed by atoms with Gasteiger partial charge in [0.1, 0.15) is 18.5 Å². The van der Waals surface area contributed by atoms with Crippen molar-refractivity contribution in [2.75, 3.05) is 73.2 Å². The zero-order valence-corrected chi connectivity index (χ0v) is 17.4. The molecule has 27 heavy (non-hydrogen) atoms. The largest absolute Gasteiger partial charge is 0.491 e. The third-order valence-corrected chi connectivity index (χ3v) is 4.55. The highest BCUT2D eigenvalue weighted by Crippen LogP contribution is 2.23. The molecule has 0 N–H and O–H groups in total. The van der Waals surface area contributed by atoms with Crippen LogP contribution in [0.25, 0.3) is 0 Å². The molecule has 1 aliphatic heterocycles. The van der Waals surface area contributed by atoms with Gasteiger partial charge >= 0.3 is 0 Å². The van der Waals surface area contributed by atoms with E-state index in [0.717, 1.165) is 15.8 Å². The second-order valence-electron chi connectivity index (χ2n) is 5.90. The lowest BCUT2D eigenvalue weighted by Crippen LogP contribution is -2.33. The van der Waals surface area contributed by atoms with Gasteiger partial charge in [-0.05, 0) is 23.8 Å². The van der Waals surface area contributed by atoms with Crippen LogP contribution in [0.5, 0.6) is 5.75 Å². The van der Waals surface area contributed by atoms with Gasteiger partial charge in [0.15, 0.2) is 0 Å². The van der Waals surface area contributed by atoms with Crippen LogP contribution in [0.2, 0.25) is 0 Å². The van der Waals surface area contributed by atoms with Gasteiger partial charge in [0.2, 0.25) is 0 Å². The highest BCUT2D eigenvalue weighted by atomic mass is 79.9. The first-order valence-corrected chi connectivity index (χ1v) is 9.91. The Balaban J connectivity index is 1.58. The average Bonchev–Trinajstić information content (AvgIpc) is 2.70. The molecule has 0 radical (unpaired) electrons. The molecule has 1 aliphatic rings. The van der Waals surface area contributed by atoms with Gasteiger partial charge in [-0.3, -0.25) is 0 Å². The summed E-state index contributed by atoms with van der Waals surface area (Å²) in [7, 11) is 1.65. The lowest BCUT2D eigenvalue weighted by Gasteiger charge is -2.23. The molecule has 1 atom stereocenters. The Labute approximate surface area is 169 Å². The molecule has 0 aromatic heterocycles. The van der Waals surface area contributed by atoms with Gasteiger partial charge in [0, 0.05) is 11.6 Å². The van der Waals surface area contributed by atoms with Crippen LogP contribution in [-0.2, 0) is 35.0 Å². The molecule has 0 amide bonds. The van der Waals surface area contributed by atoms with Crippen molar-refractivity contribution in [1.82, 2.24) is 0 Å². The van der Waals surface area contributed by atoms with Crippen molar-refractivity contribution in [3.05, 3.63) is 28.2 Å². The minimum Gasteiger partial charge on any atom is -0.491 e. The minimum absolute atomic E-state index is 0.0160. The van der Waals surface area contributed by atoms with Crippen molar-refractivity contribution in [2.45, 2.75) is 12.7 Å². The van der Waals surface area contributed by atoms with Gasteiger partial charge in [0.25, 0.3) is 0 Å². The molecule has 8 heteroatoms. The fourth-order valence-electron chi connectivity index (χ4n) is 2.34. The van der Waals surface area contributed by atoms with Crippen LogP contribution in [0.15, 0.2) is 22.7 Å². The van der Waals surface area contributed by atoms with E-state index < -0.39 is 0 Å². The van der Waals surface area contributed by atoms with E-state index in [1.54, 1.807) is 7.11 Å². The second kappa shape index (κ2) is 14.3. The fraction of sp³-hybridized carbons (Fsp3) is 0.684. The quantitative estimate of drug-likeness (QED) is 0.405. The molecule has 1 heterocycles. The zero-order valence-electron chi connectivity index (χ0n) is 15.8. The third kappa shape index (κ3) is 9.84. The number of ether oxygens (including phenoxy) is 7. The van der Waals surface area contributed by atoms with Crippen molar-refractivity contribution >= 4 is 15.9 Å². The van der Waals surface area contributed by atoms with Crippen LogP contribution in [0.1, 0.15) is 5.56 Å². The van der Waals surface area contributed by atoms with Crippen molar-refractivity contribution in [3.8, 4) is 5.75 Å². The summed E-state index contributed by atoms with van der Waals surface area (Å²) in [4.78, 5) is 0. The maximum atomic E-state index is 5.81. The van der Waals surface area contributed by atoms with Crippen molar-refractivity contribution in [3.63, 3.8) is 0 Å². The number of halogens is 1. The Morgan fingerprint density at radius 1 is 1.00 bits per heavy atom. The number of rotatable bonds is 14. The van der Waals surface area contributed by atoms with E-state index in [2.05, 4.69) is 15.9 Å². The summed E-state index contributed by atoms with van der Waals surface area (Å²) in [5, 5.41) is 0. The topological polar surface area (TPSA) is 64.6 Å². The molecule has 7 nitrogen and oxygen atoms in total. The first-order valence-electron chi connectivity index (χ1n) is 9.12. The predicted molar refractivity (Wildman–Crippen MR) is 103 cm³/mol. The summed E-state index contributed by atoms with van der Waals surface area (Å²) in [5.74, 6) is 0.787. The normalized spacial score (nSPS) is 17.2. The second-order valence-corrected chi connectivity index (χ2v) is 6.76. The standard InChI is InChI=1S/C19H29BrO7/c1-21-4-5-22-6-7-23-8-9-24-13-16-12-17(2-3-19(16)20)27-15-18-14-25-10-11-26-18/h2-3,12,18H,4-11,13-15H2,1H3/t18-/m1/s1. The Morgan fingerprint density at radius 3 is 2.44 bits per heavy atom. The van der Waals surface area contributed by atoms with Crippen LogP contribution in [-0.4, -0.2) is 79.3 Å². The molecule has 0 saturated carbocycles. The van der Waals surface area contributed by atoms with Gasteiger partial charge < -0.3 is 33.2 Å². The molecule has 0 unspecified atom stereocenters. The van der Waals surface area contributed by atoms with Gasteiger partial charge in [-0.15, -0.1) is 0 Å². The van der Waals surface area contributed by atoms with Crippen molar-refractivity contribution in [1.29, 1.82) is 0 Å². The third-order valence-electron chi connectivity index (χ3n) is 3.77. The fourth-order valence-corrected chi connectivity index (χ4v) is 2.70. The molecule has 1 fully saturated rings. The van der Waals surface area contributed by atoms with E-state index in [9.17, 15) is 0 Å². The lowest BCUT2D eigenvalue weighted by molar-refractivity contribution is -0.101. The molecule has 1 saturated heterocycles. The summed E-state index contributed by atoms with van der Waals surface area (Å²) in [6.07, 6.45) is -0.0160. The molecule has 0 bridgehead atoms. The van der Waals surface area contributed by atoms with Gasteiger partial charge in [-0.25, -0.2) is 0 Å². The molecule has 154 valence electrons. The van der Waals surface area contributed by atoms with Crippen molar-refractivity contribution < 1.29 is 33.2 Å². The highest BCUT2D eigenvalue weighted by molar-refractivity contribution is 9.10. The highest BCUT2D eigenvalue weighted by Gasteiger charge is 2.15. The molecule has 1 aromatic rings. The van der Waals surface area contributed by atoms with E-state index in [1.165, 1.54) is 0 Å². The number of benzene rings is 1. The Kier molecular flexibility index (Phi) is 11.9. The predicted octanol–water partition coefficient (Wildman–Crippen LogP) is 2.44. The monoisotopic (exact) mass is 448 g/mol. The van der Waals surface area contributed by atoms with Crippen LogP contribution in [0.3, 0.4) is 0 Å². The zero-order chi connectivity index (χ0) is 19.2. The van der Waals surface area contributed by atoms with Gasteiger partial charge in [0.05, 0.1) is 66.1 Å². The lowest BCUT2D eigenvalue weighted by atomic mass is 10.2. The first kappa shape index (κ1) is 22.5. The maximum absolute atomic E-state index is 5.81. The summed E-state index contributed by atoms with van der Waals surface area (Å²) in [6, 6.07) is 5.85. The van der Waals surface area contributed by atoms with E-state index in [1.807, 2.05) is 18.2 Å². The maximum Gasteiger partial charge on any atom is 0.119 e. The summed E-state index contributed by atoms with van der Waals surface area (Å²) >= 11 is 3.54. The van der Waals surface area contributed by atoms with Crippen LogP contribution in [0, 0.1) is 0 Å². The van der Waals surface area contributed by atoms with Crippen LogP contribution < -0.4 is 4.74 Å². The molecule has 0 aliphatic carbocycles.